The van der Waals surface area contributed by atoms with E-state index < -0.39 is 0 Å². The molecule has 2 nitrogen and oxygen atoms in total. The Morgan fingerprint density at radius 1 is 0.875 bits per heavy atom. The highest BCUT2D eigenvalue weighted by Crippen LogP contribution is 2.11. The minimum absolute atomic E-state index is 0.274. The SMILES string of the molecule is CC(C)=CCCC(C)CC=O.CCCCCCCCCC(C)C=O. The second-order valence-electron chi connectivity index (χ2n) is 7.39. The summed E-state index contributed by atoms with van der Waals surface area (Å²) in [4.78, 5) is 20.4. The molecule has 0 rings (SSSR count). The van der Waals surface area contributed by atoms with Gasteiger partial charge in [-0.1, -0.05) is 77.4 Å². The van der Waals surface area contributed by atoms with E-state index in [4.69, 9.17) is 0 Å². The van der Waals surface area contributed by atoms with Crippen LogP contribution in [0.5, 0.6) is 0 Å². The van der Waals surface area contributed by atoms with Crippen LogP contribution in [0, 0.1) is 11.8 Å². The van der Waals surface area contributed by atoms with Crippen LogP contribution in [0.1, 0.15) is 105 Å². The van der Waals surface area contributed by atoms with Gasteiger partial charge in [-0.3, -0.25) is 0 Å². The first kappa shape index (κ1) is 25.3. The van der Waals surface area contributed by atoms with Gasteiger partial charge in [0.15, 0.2) is 0 Å². The number of carbonyl (C=O) groups excluding carboxylic acids is 2. The van der Waals surface area contributed by atoms with E-state index in [9.17, 15) is 9.59 Å². The number of rotatable bonds is 14. The van der Waals surface area contributed by atoms with Crippen molar-refractivity contribution in [1.29, 1.82) is 0 Å². The Labute approximate surface area is 151 Å². The van der Waals surface area contributed by atoms with Gasteiger partial charge in [0.05, 0.1) is 0 Å². The fourth-order valence-electron chi connectivity index (χ4n) is 2.43. The van der Waals surface area contributed by atoms with Crippen LogP contribution in [0.3, 0.4) is 0 Å². The Kier molecular flexibility index (Phi) is 21.2. The molecule has 2 unspecified atom stereocenters. The van der Waals surface area contributed by atoms with Crippen molar-refractivity contribution >= 4 is 12.6 Å². The van der Waals surface area contributed by atoms with Crippen LogP contribution in [-0.4, -0.2) is 12.6 Å². The van der Waals surface area contributed by atoms with Crippen molar-refractivity contribution in [3.05, 3.63) is 11.6 Å². The second kappa shape index (κ2) is 20.1. The van der Waals surface area contributed by atoms with Crippen LogP contribution < -0.4 is 0 Å². The normalized spacial score (nSPS) is 12.5. The largest absolute Gasteiger partial charge is 0.303 e. The molecule has 0 fully saturated rings. The second-order valence-corrected chi connectivity index (χ2v) is 7.39. The number of carbonyl (C=O) groups is 2. The maximum absolute atomic E-state index is 10.3. The number of aldehydes is 2. The van der Waals surface area contributed by atoms with Gasteiger partial charge in [-0.05, 0) is 39.0 Å². The molecule has 0 heterocycles. The predicted octanol–water partition coefficient (Wildman–Crippen LogP) is 6.92. The molecule has 2 atom stereocenters. The van der Waals surface area contributed by atoms with Gasteiger partial charge in [0, 0.05) is 12.3 Å². The van der Waals surface area contributed by atoms with E-state index in [1.54, 1.807) is 0 Å². The number of unbranched alkanes of at least 4 members (excludes halogenated alkanes) is 6. The summed E-state index contributed by atoms with van der Waals surface area (Å²) >= 11 is 0. The molecule has 24 heavy (non-hydrogen) atoms. The van der Waals surface area contributed by atoms with E-state index in [0.29, 0.717) is 12.3 Å². The quantitative estimate of drug-likeness (QED) is 0.196. The van der Waals surface area contributed by atoms with Crippen molar-refractivity contribution < 1.29 is 9.59 Å². The van der Waals surface area contributed by atoms with Crippen molar-refractivity contribution in [3.8, 4) is 0 Å². The molecular formula is C22H42O2. The molecule has 0 aromatic carbocycles. The molecule has 0 saturated carbocycles. The summed E-state index contributed by atoms with van der Waals surface area (Å²) < 4.78 is 0. The first-order valence-electron chi connectivity index (χ1n) is 10.00. The zero-order valence-corrected chi connectivity index (χ0v) is 17.0. The van der Waals surface area contributed by atoms with E-state index in [1.807, 2.05) is 6.92 Å². The Bertz CT molecular complexity index is 303. The van der Waals surface area contributed by atoms with Crippen molar-refractivity contribution in [2.75, 3.05) is 0 Å². The monoisotopic (exact) mass is 338 g/mol. The van der Waals surface area contributed by atoms with E-state index in [-0.39, 0.29) is 5.92 Å². The Balaban J connectivity index is 0. The highest BCUT2D eigenvalue weighted by molar-refractivity contribution is 5.52. The van der Waals surface area contributed by atoms with Crippen LogP contribution in [0.4, 0.5) is 0 Å². The van der Waals surface area contributed by atoms with Gasteiger partial charge >= 0.3 is 0 Å². The molecule has 0 saturated heterocycles. The fraction of sp³-hybridized carbons (Fsp3) is 0.818. The average molecular weight is 339 g/mol. The lowest BCUT2D eigenvalue weighted by Crippen LogP contribution is -1.94. The molecule has 0 amide bonds. The molecule has 0 radical (unpaired) electrons. The Morgan fingerprint density at radius 3 is 1.96 bits per heavy atom. The summed E-state index contributed by atoms with van der Waals surface area (Å²) in [7, 11) is 0. The topological polar surface area (TPSA) is 34.1 Å². The summed E-state index contributed by atoms with van der Waals surface area (Å²) in [5.74, 6) is 0.818. The molecule has 0 aliphatic carbocycles. The van der Waals surface area contributed by atoms with Gasteiger partial charge < -0.3 is 9.59 Å². The highest BCUT2D eigenvalue weighted by atomic mass is 16.1. The van der Waals surface area contributed by atoms with E-state index in [0.717, 1.165) is 31.8 Å². The standard InChI is InChI=1S/C12H24O.C10H18O/c1-3-4-5-6-7-8-9-10-12(2)11-13;1-9(2)5-4-6-10(3)7-8-11/h11-12H,3-10H2,1-2H3;5,8,10H,4,6-7H2,1-3H3. The lowest BCUT2D eigenvalue weighted by atomic mass is 10.0. The van der Waals surface area contributed by atoms with Gasteiger partial charge in [-0.2, -0.15) is 0 Å². The van der Waals surface area contributed by atoms with Crippen LogP contribution in [0.15, 0.2) is 11.6 Å². The molecule has 0 aromatic heterocycles. The van der Waals surface area contributed by atoms with Crippen LogP contribution in [-0.2, 0) is 9.59 Å². The molecule has 0 bridgehead atoms. The van der Waals surface area contributed by atoms with E-state index >= 15 is 0 Å². The molecule has 2 heteroatoms. The van der Waals surface area contributed by atoms with Crippen molar-refractivity contribution in [1.82, 2.24) is 0 Å². The third-order valence-electron chi connectivity index (χ3n) is 4.21. The molecule has 142 valence electrons. The Hall–Kier alpha value is -0.920. The summed E-state index contributed by atoms with van der Waals surface area (Å²) in [6.07, 6.45) is 17.7. The first-order chi connectivity index (χ1) is 11.5. The van der Waals surface area contributed by atoms with E-state index in [2.05, 4.69) is 33.8 Å². The van der Waals surface area contributed by atoms with Gasteiger partial charge in [0.2, 0.25) is 0 Å². The molecule has 0 aliphatic rings. The summed E-state index contributed by atoms with van der Waals surface area (Å²) in [5, 5.41) is 0. The average Bonchev–Trinajstić information content (AvgIpc) is 2.54. The maximum Gasteiger partial charge on any atom is 0.122 e. The van der Waals surface area contributed by atoms with Crippen LogP contribution >= 0.6 is 0 Å². The van der Waals surface area contributed by atoms with Gasteiger partial charge in [0.1, 0.15) is 12.6 Å². The zero-order chi connectivity index (χ0) is 18.6. The molecule has 0 spiro atoms. The third kappa shape index (κ3) is 23.3. The minimum atomic E-state index is 0.274. The van der Waals surface area contributed by atoms with Gasteiger partial charge in [-0.25, -0.2) is 0 Å². The van der Waals surface area contributed by atoms with Crippen LogP contribution in [0.2, 0.25) is 0 Å². The van der Waals surface area contributed by atoms with Crippen molar-refractivity contribution in [2.24, 2.45) is 11.8 Å². The first-order valence-corrected chi connectivity index (χ1v) is 10.00. The van der Waals surface area contributed by atoms with E-state index in [1.165, 1.54) is 50.5 Å². The van der Waals surface area contributed by atoms with Gasteiger partial charge in [0.25, 0.3) is 0 Å². The zero-order valence-electron chi connectivity index (χ0n) is 17.0. The minimum Gasteiger partial charge on any atom is -0.303 e. The Morgan fingerprint density at radius 2 is 1.46 bits per heavy atom. The third-order valence-corrected chi connectivity index (χ3v) is 4.21. The highest BCUT2D eigenvalue weighted by Gasteiger charge is 1.99. The molecular weight excluding hydrogens is 296 g/mol. The lowest BCUT2D eigenvalue weighted by molar-refractivity contribution is -0.111. The summed E-state index contributed by atoms with van der Waals surface area (Å²) in [6, 6.07) is 0. The fourth-order valence-corrected chi connectivity index (χ4v) is 2.43. The van der Waals surface area contributed by atoms with Gasteiger partial charge in [-0.15, -0.1) is 0 Å². The predicted molar refractivity (Wildman–Crippen MR) is 106 cm³/mol. The lowest BCUT2D eigenvalue weighted by Gasteiger charge is -2.03. The molecule has 0 aliphatic heterocycles. The van der Waals surface area contributed by atoms with Crippen LogP contribution in [0.25, 0.3) is 0 Å². The molecule has 0 N–H and O–H groups in total. The maximum atomic E-state index is 10.3. The number of hydrogen-bond acceptors (Lipinski definition) is 2. The summed E-state index contributed by atoms with van der Waals surface area (Å²) in [5.41, 5.74) is 1.36. The number of allylic oxidation sites excluding steroid dienone is 2. The van der Waals surface area contributed by atoms with Crippen molar-refractivity contribution in [2.45, 2.75) is 105 Å². The molecule has 0 aromatic rings. The summed E-state index contributed by atoms with van der Waals surface area (Å²) in [6.45, 7) is 10.6. The number of hydrogen-bond donors (Lipinski definition) is 0. The smallest absolute Gasteiger partial charge is 0.122 e. The van der Waals surface area contributed by atoms with Crippen molar-refractivity contribution in [3.63, 3.8) is 0 Å².